The van der Waals surface area contributed by atoms with E-state index in [0.717, 1.165) is 0 Å². The molecule has 0 fully saturated rings. The Morgan fingerprint density at radius 3 is 2.36 bits per heavy atom. The van der Waals surface area contributed by atoms with E-state index >= 15 is 0 Å². The maximum atomic E-state index is 10.2. The molecule has 0 rings (SSSR count). The number of aliphatic carboxylic acids is 2. The lowest BCUT2D eigenvalue weighted by Gasteiger charge is -2.07. The maximum Gasteiger partial charge on any atom is 0.328 e. The zero-order valence-corrected chi connectivity index (χ0v) is 5.65. The van der Waals surface area contributed by atoms with Crippen LogP contribution in [0.3, 0.4) is 0 Å². The van der Waals surface area contributed by atoms with Gasteiger partial charge in [-0.25, -0.2) is 4.79 Å². The molecule has 0 aliphatic rings. The van der Waals surface area contributed by atoms with Crippen molar-refractivity contribution in [1.29, 1.82) is 0 Å². The van der Waals surface area contributed by atoms with E-state index < -0.39 is 24.4 Å². The number of carboxylic acids is 2. The van der Waals surface area contributed by atoms with Crippen molar-refractivity contribution in [3.05, 3.63) is 0 Å². The molecule has 1 atom stereocenters. The SMILES string of the molecule is C=NNC(CC(=O)O)C(=O)O. The molecule has 0 radical (unpaired) electrons. The van der Waals surface area contributed by atoms with Crippen LogP contribution < -0.4 is 5.43 Å². The number of hydrogen-bond acceptors (Lipinski definition) is 4. The quantitative estimate of drug-likeness (QED) is 0.358. The van der Waals surface area contributed by atoms with Crippen molar-refractivity contribution in [3.63, 3.8) is 0 Å². The van der Waals surface area contributed by atoms with Gasteiger partial charge in [-0.1, -0.05) is 0 Å². The minimum atomic E-state index is -1.26. The summed E-state index contributed by atoms with van der Waals surface area (Å²) in [6, 6.07) is -1.20. The standard InChI is InChI=1S/C5H8N2O4/c1-6-7-3(5(10)11)2-4(8)9/h3,7H,1-2H2,(H,8,9)(H,10,11). The first-order valence-corrected chi connectivity index (χ1v) is 2.73. The third-order valence-corrected chi connectivity index (χ3v) is 0.924. The van der Waals surface area contributed by atoms with Gasteiger partial charge in [0.05, 0.1) is 6.42 Å². The van der Waals surface area contributed by atoms with Crippen LogP contribution in [0.25, 0.3) is 0 Å². The summed E-state index contributed by atoms with van der Waals surface area (Å²) in [7, 11) is 0. The zero-order valence-electron chi connectivity index (χ0n) is 5.65. The maximum absolute atomic E-state index is 10.2. The molecule has 0 spiro atoms. The van der Waals surface area contributed by atoms with E-state index in [1.165, 1.54) is 0 Å². The van der Waals surface area contributed by atoms with Crippen molar-refractivity contribution < 1.29 is 19.8 Å². The monoisotopic (exact) mass is 160 g/mol. The van der Waals surface area contributed by atoms with Crippen molar-refractivity contribution in [1.82, 2.24) is 5.43 Å². The lowest BCUT2D eigenvalue weighted by Crippen LogP contribution is -2.35. The fraction of sp³-hybridized carbons (Fsp3) is 0.400. The smallest absolute Gasteiger partial charge is 0.328 e. The van der Waals surface area contributed by atoms with Crippen molar-refractivity contribution in [2.75, 3.05) is 0 Å². The number of nitrogens with zero attached hydrogens (tertiary/aromatic N) is 1. The van der Waals surface area contributed by atoms with Crippen LogP contribution in [0, 0.1) is 0 Å². The first-order valence-electron chi connectivity index (χ1n) is 2.73. The van der Waals surface area contributed by atoms with Gasteiger partial charge in [0.1, 0.15) is 0 Å². The van der Waals surface area contributed by atoms with Gasteiger partial charge in [-0.05, 0) is 0 Å². The summed E-state index contributed by atoms with van der Waals surface area (Å²) >= 11 is 0. The minimum Gasteiger partial charge on any atom is -0.481 e. The Morgan fingerprint density at radius 1 is 1.55 bits per heavy atom. The Hall–Kier alpha value is -1.59. The summed E-state index contributed by atoms with van der Waals surface area (Å²) < 4.78 is 0. The fourth-order valence-corrected chi connectivity index (χ4v) is 0.473. The Labute approximate surface area is 62.5 Å². The molecule has 0 heterocycles. The molecule has 0 aliphatic heterocycles. The summed E-state index contributed by atoms with van der Waals surface area (Å²) in [5, 5.41) is 19.6. The highest BCUT2D eigenvalue weighted by molar-refractivity contribution is 5.80. The van der Waals surface area contributed by atoms with E-state index in [-0.39, 0.29) is 0 Å². The number of hydrazone groups is 1. The zero-order chi connectivity index (χ0) is 8.85. The number of nitrogens with one attached hydrogen (secondary N) is 1. The molecule has 0 saturated carbocycles. The number of carbonyl (C=O) groups is 2. The number of carboxylic acid groups (broad SMARTS) is 2. The third-order valence-electron chi connectivity index (χ3n) is 0.924. The van der Waals surface area contributed by atoms with E-state index in [9.17, 15) is 9.59 Å². The number of hydrogen-bond donors (Lipinski definition) is 3. The van der Waals surface area contributed by atoms with Gasteiger partial charge in [0.25, 0.3) is 0 Å². The van der Waals surface area contributed by atoms with Gasteiger partial charge in [-0.2, -0.15) is 5.10 Å². The molecule has 0 saturated heterocycles. The van der Waals surface area contributed by atoms with Crippen LogP contribution >= 0.6 is 0 Å². The van der Waals surface area contributed by atoms with Crippen molar-refractivity contribution >= 4 is 18.7 Å². The van der Waals surface area contributed by atoms with Gasteiger partial charge in [-0.15, -0.1) is 0 Å². The van der Waals surface area contributed by atoms with Gasteiger partial charge in [0.2, 0.25) is 0 Å². The highest BCUT2D eigenvalue weighted by atomic mass is 16.4. The van der Waals surface area contributed by atoms with Crippen molar-refractivity contribution in [2.45, 2.75) is 12.5 Å². The molecule has 1 unspecified atom stereocenters. The van der Waals surface area contributed by atoms with Crippen molar-refractivity contribution in [3.8, 4) is 0 Å². The lowest BCUT2D eigenvalue weighted by molar-refractivity contribution is -0.145. The molecule has 0 aromatic heterocycles. The molecule has 0 amide bonds. The Bertz CT molecular complexity index is 179. The normalized spacial score (nSPS) is 11.6. The predicted molar refractivity (Wildman–Crippen MR) is 36.4 cm³/mol. The first kappa shape index (κ1) is 9.41. The molecule has 3 N–H and O–H groups in total. The van der Waals surface area contributed by atoms with Crippen LogP contribution in [0.4, 0.5) is 0 Å². The molecule has 0 aromatic carbocycles. The summed E-state index contributed by atoms with van der Waals surface area (Å²) in [6.45, 7) is 2.97. The van der Waals surface area contributed by atoms with E-state index in [2.05, 4.69) is 11.8 Å². The molecule has 0 bridgehead atoms. The van der Waals surface area contributed by atoms with Crippen LogP contribution in [0.1, 0.15) is 6.42 Å². The van der Waals surface area contributed by atoms with Crippen molar-refractivity contribution in [2.24, 2.45) is 5.10 Å². The van der Waals surface area contributed by atoms with Crippen LogP contribution in [0.2, 0.25) is 0 Å². The topological polar surface area (TPSA) is 99.0 Å². The van der Waals surface area contributed by atoms with Crippen LogP contribution in [0.15, 0.2) is 5.10 Å². The Morgan fingerprint density at radius 2 is 2.09 bits per heavy atom. The second kappa shape index (κ2) is 4.26. The summed E-state index contributed by atoms with van der Waals surface area (Å²) in [4.78, 5) is 20.2. The summed E-state index contributed by atoms with van der Waals surface area (Å²) in [5.74, 6) is -2.46. The van der Waals surface area contributed by atoms with Crippen LogP contribution in [0.5, 0.6) is 0 Å². The molecule has 6 nitrogen and oxygen atoms in total. The molecule has 0 aromatic rings. The van der Waals surface area contributed by atoms with Gasteiger partial charge in [0, 0.05) is 6.72 Å². The van der Waals surface area contributed by atoms with E-state index in [0.29, 0.717) is 0 Å². The fourth-order valence-electron chi connectivity index (χ4n) is 0.473. The molecule has 62 valence electrons. The molecular weight excluding hydrogens is 152 g/mol. The average Bonchev–Trinajstić information content (AvgIpc) is 1.86. The van der Waals surface area contributed by atoms with Crippen LogP contribution in [-0.2, 0) is 9.59 Å². The van der Waals surface area contributed by atoms with Gasteiger partial charge in [0.15, 0.2) is 6.04 Å². The highest BCUT2D eigenvalue weighted by Gasteiger charge is 2.19. The van der Waals surface area contributed by atoms with Gasteiger partial charge < -0.3 is 10.2 Å². The Balaban J connectivity index is 3.99. The van der Waals surface area contributed by atoms with Gasteiger partial charge >= 0.3 is 11.9 Å². The highest BCUT2D eigenvalue weighted by Crippen LogP contribution is 1.91. The summed E-state index contributed by atoms with van der Waals surface area (Å²) in [6.07, 6.45) is -0.519. The third kappa shape index (κ3) is 3.90. The molecule has 6 heteroatoms. The van der Waals surface area contributed by atoms with Gasteiger partial charge in [-0.3, -0.25) is 10.2 Å². The summed E-state index contributed by atoms with van der Waals surface area (Å²) in [5.41, 5.74) is 2.05. The second-order valence-corrected chi connectivity index (χ2v) is 1.78. The van der Waals surface area contributed by atoms with E-state index in [1.807, 2.05) is 5.43 Å². The van der Waals surface area contributed by atoms with E-state index in [1.54, 1.807) is 0 Å². The molecule has 0 aliphatic carbocycles. The number of rotatable bonds is 5. The van der Waals surface area contributed by atoms with Crippen LogP contribution in [-0.4, -0.2) is 34.9 Å². The lowest BCUT2D eigenvalue weighted by atomic mass is 10.2. The molecule has 11 heavy (non-hydrogen) atoms. The predicted octanol–water partition coefficient (Wildman–Crippen LogP) is -0.880. The largest absolute Gasteiger partial charge is 0.481 e. The minimum absolute atomic E-state index is 0.519. The first-order chi connectivity index (χ1) is 5.07. The van der Waals surface area contributed by atoms with E-state index in [4.69, 9.17) is 10.2 Å². The average molecular weight is 160 g/mol. The molecular formula is C5H8N2O4. The Kier molecular flexibility index (Phi) is 3.65. The second-order valence-electron chi connectivity index (χ2n) is 1.78.